The maximum Gasteiger partial charge on any atom is 0.215 e. The van der Waals surface area contributed by atoms with Gasteiger partial charge in [-0.1, -0.05) is 0 Å². The van der Waals surface area contributed by atoms with E-state index in [1.807, 2.05) is 0 Å². The van der Waals surface area contributed by atoms with Crippen LogP contribution >= 0.6 is 0 Å². The van der Waals surface area contributed by atoms with E-state index < -0.39 is 10.0 Å². The van der Waals surface area contributed by atoms with E-state index in [0.29, 0.717) is 24.1 Å². The Kier molecular flexibility index (Phi) is 3.86. The summed E-state index contributed by atoms with van der Waals surface area (Å²) >= 11 is 0. The van der Waals surface area contributed by atoms with Gasteiger partial charge >= 0.3 is 0 Å². The second-order valence-corrected chi connectivity index (χ2v) is 8.51. The lowest BCUT2D eigenvalue weighted by molar-refractivity contribution is 0.340. The maximum atomic E-state index is 12.4. The van der Waals surface area contributed by atoms with Crippen LogP contribution in [0.3, 0.4) is 0 Å². The Hall–Kier alpha value is -0.170. The summed E-state index contributed by atoms with van der Waals surface area (Å²) in [6.45, 7) is 6.48. The minimum Gasteiger partial charge on any atom is -0.306 e. The summed E-state index contributed by atoms with van der Waals surface area (Å²) in [6.07, 6.45) is 2.44. The third kappa shape index (κ3) is 2.96. The first-order valence-corrected chi connectivity index (χ1v) is 9.04. The van der Waals surface area contributed by atoms with Crippen LogP contribution in [-0.2, 0) is 10.0 Å². The molecule has 3 aliphatic rings. The Morgan fingerprint density at radius 3 is 2.16 bits per heavy atom. The van der Waals surface area contributed by atoms with Gasteiger partial charge in [0.1, 0.15) is 0 Å². The molecule has 0 aliphatic carbocycles. The van der Waals surface area contributed by atoms with Crippen LogP contribution in [-0.4, -0.2) is 81.1 Å². The SMILES string of the molecule is CN1C[C@@H]2CN(S(=O)(=O)CCN3CCCC3)C[C@@H]2C1. The van der Waals surface area contributed by atoms with Crippen molar-refractivity contribution in [1.29, 1.82) is 0 Å². The van der Waals surface area contributed by atoms with Gasteiger partial charge in [0.05, 0.1) is 5.75 Å². The summed E-state index contributed by atoms with van der Waals surface area (Å²) in [5.74, 6) is 1.43. The molecular weight excluding hydrogens is 262 g/mol. The van der Waals surface area contributed by atoms with Crippen molar-refractivity contribution >= 4 is 10.0 Å². The molecule has 0 bridgehead atoms. The predicted octanol–water partition coefficient (Wildman–Crippen LogP) is -0.0946. The molecular formula is C13H25N3O2S. The fourth-order valence-electron chi connectivity index (χ4n) is 3.79. The first kappa shape index (κ1) is 13.8. The van der Waals surface area contributed by atoms with Gasteiger partial charge in [-0.3, -0.25) is 0 Å². The first-order chi connectivity index (χ1) is 9.04. The molecule has 0 unspecified atom stereocenters. The van der Waals surface area contributed by atoms with Crippen molar-refractivity contribution in [2.75, 3.05) is 58.6 Å². The van der Waals surface area contributed by atoms with Gasteiger partial charge in [0.15, 0.2) is 0 Å². The summed E-state index contributed by atoms with van der Waals surface area (Å²) in [4.78, 5) is 4.60. The van der Waals surface area contributed by atoms with Crippen molar-refractivity contribution in [3.8, 4) is 0 Å². The highest BCUT2D eigenvalue weighted by Gasteiger charge is 2.42. The number of hydrogen-bond acceptors (Lipinski definition) is 4. The summed E-state index contributed by atoms with van der Waals surface area (Å²) in [5.41, 5.74) is 0. The molecule has 0 aromatic carbocycles. The maximum absolute atomic E-state index is 12.4. The third-order valence-corrected chi connectivity index (χ3v) is 6.68. The molecule has 0 saturated carbocycles. The predicted molar refractivity (Wildman–Crippen MR) is 75.5 cm³/mol. The van der Waals surface area contributed by atoms with E-state index in [9.17, 15) is 8.42 Å². The Morgan fingerprint density at radius 2 is 1.58 bits per heavy atom. The number of likely N-dealkylation sites (tertiary alicyclic amines) is 2. The molecule has 0 amide bonds. The summed E-state index contributed by atoms with van der Waals surface area (Å²) in [5, 5.41) is 0. The molecule has 0 N–H and O–H groups in total. The fourth-order valence-corrected chi connectivity index (χ4v) is 5.38. The fraction of sp³-hybridized carbons (Fsp3) is 1.00. The van der Waals surface area contributed by atoms with Gasteiger partial charge in [-0.25, -0.2) is 12.7 Å². The Bertz CT molecular complexity index is 406. The minimum atomic E-state index is -3.03. The average Bonchev–Trinajstić information content (AvgIpc) is 3.00. The van der Waals surface area contributed by atoms with E-state index in [-0.39, 0.29) is 0 Å². The molecule has 3 fully saturated rings. The summed E-state index contributed by atoms with van der Waals surface area (Å²) in [6, 6.07) is 0. The van der Waals surface area contributed by atoms with E-state index in [4.69, 9.17) is 0 Å². The molecule has 0 aromatic rings. The van der Waals surface area contributed by atoms with Crippen LogP contribution in [0.5, 0.6) is 0 Å². The monoisotopic (exact) mass is 287 g/mol. The average molecular weight is 287 g/mol. The van der Waals surface area contributed by atoms with Crippen LogP contribution in [0.2, 0.25) is 0 Å². The standard InChI is InChI=1S/C13H25N3O2S/c1-14-8-12-10-16(11-13(12)9-14)19(17,18)7-6-15-4-2-3-5-15/h12-13H,2-11H2,1H3/t12-,13+. The van der Waals surface area contributed by atoms with E-state index in [1.165, 1.54) is 12.8 Å². The van der Waals surface area contributed by atoms with Gasteiger partial charge in [0.2, 0.25) is 10.0 Å². The van der Waals surface area contributed by atoms with E-state index in [0.717, 1.165) is 39.3 Å². The minimum absolute atomic E-state index is 0.308. The van der Waals surface area contributed by atoms with Crippen molar-refractivity contribution < 1.29 is 8.42 Å². The Morgan fingerprint density at radius 1 is 1.00 bits per heavy atom. The normalized spacial score (nSPS) is 34.2. The molecule has 0 spiro atoms. The van der Waals surface area contributed by atoms with Crippen molar-refractivity contribution in [2.45, 2.75) is 12.8 Å². The van der Waals surface area contributed by atoms with Gasteiger partial charge in [-0.2, -0.15) is 0 Å². The highest BCUT2D eigenvalue weighted by molar-refractivity contribution is 7.89. The number of rotatable bonds is 4. The third-order valence-electron chi connectivity index (χ3n) is 4.89. The van der Waals surface area contributed by atoms with Crippen LogP contribution in [0.4, 0.5) is 0 Å². The molecule has 3 rings (SSSR count). The highest BCUT2D eigenvalue weighted by atomic mass is 32.2. The van der Waals surface area contributed by atoms with Crippen LogP contribution in [0, 0.1) is 11.8 Å². The zero-order valence-electron chi connectivity index (χ0n) is 11.8. The number of sulfonamides is 1. The van der Waals surface area contributed by atoms with Crippen LogP contribution in [0.25, 0.3) is 0 Å². The van der Waals surface area contributed by atoms with Gasteiger partial charge in [-0.05, 0) is 44.8 Å². The quantitative estimate of drug-likeness (QED) is 0.725. The molecule has 0 radical (unpaired) electrons. The molecule has 2 atom stereocenters. The van der Waals surface area contributed by atoms with Crippen LogP contribution in [0.1, 0.15) is 12.8 Å². The molecule has 6 heteroatoms. The topological polar surface area (TPSA) is 43.9 Å². The largest absolute Gasteiger partial charge is 0.306 e. The van der Waals surface area contributed by atoms with E-state index in [2.05, 4.69) is 16.8 Å². The summed E-state index contributed by atoms with van der Waals surface area (Å²) in [7, 11) is -0.904. The number of nitrogens with zero attached hydrogens (tertiary/aromatic N) is 3. The lowest BCUT2D eigenvalue weighted by Crippen LogP contribution is -2.37. The van der Waals surface area contributed by atoms with Gasteiger partial charge in [0, 0.05) is 32.7 Å². The lowest BCUT2D eigenvalue weighted by atomic mass is 10.0. The number of hydrogen-bond donors (Lipinski definition) is 0. The molecule has 3 aliphatic heterocycles. The van der Waals surface area contributed by atoms with Gasteiger partial charge in [0.25, 0.3) is 0 Å². The first-order valence-electron chi connectivity index (χ1n) is 7.43. The molecule has 3 saturated heterocycles. The van der Waals surface area contributed by atoms with Crippen molar-refractivity contribution in [1.82, 2.24) is 14.1 Å². The second-order valence-electron chi connectivity index (χ2n) is 6.42. The zero-order valence-corrected chi connectivity index (χ0v) is 12.6. The number of fused-ring (bicyclic) bond motifs is 1. The highest BCUT2D eigenvalue weighted by Crippen LogP contribution is 2.31. The van der Waals surface area contributed by atoms with E-state index >= 15 is 0 Å². The smallest absolute Gasteiger partial charge is 0.215 e. The summed E-state index contributed by atoms with van der Waals surface area (Å²) < 4.78 is 26.5. The zero-order chi connectivity index (χ0) is 13.5. The molecule has 110 valence electrons. The molecule has 3 heterocycles. The van der Waals surface area contributed by atoms with Crippen LogP contribution in [0.15, 0.2) is 0 Å². The van der Waals surface area contributed by atoms with Crippen molar-refractivity contribution in [3.63, 3.8) is 0 Å². The van der Waals surface area contributed by atoms with E-state index in [1.54, 1.807) is 4.31 Å². The second kappa shape index (κ2) is 5.31. The molecule has 5 nitrogen and oxygen atoms in total. The van der Waals surface area contributed by atoms with Gasteiger partial charge < -0.3 is 9.80 Å². The van der Waals surface area contributed by atoms with Crippen molar-refractivity contribution in [2.24, 2.45) is 11.8 Å². The van der Waals surface area contributed by atoms with Crippen molar-refractivity contribution in [3.05, 3.63) is 0 Å². The Labute approximate surface area is 116 Å². The lowest BCUT2D eigenvalue weighted by Gasteiger charge is -2.21. The molecule has 0 aromatic heterocycles. The Balaban J connectivity index is 1.53. The van der Waals surface area contributed by atoms with Crippen LogP contribution < -0.4 is 0 Å². The van der Waals surface area contributed by atoms with Gasteiger partial charge in [-0.15, -0.1) is 0 Å². The molecule has 19 heavy (non-hydrogen) atoms.